The van der Waals surface area contributed by atoms with Crippen LogP contribution in [0.4, 0.5) is 0 Å². The molecule has 1 atom stereocenters. The number of aromatic nitrogens is 3. The molecule has 3 N–H and O–H groups in total. The van der Waals surface area contributed by atoms with Crippen LogP contribution in [0.25, 0.3) is 10.9 Å². The Kier molecular flexibility index (Phi) is 5.02. The van der Waals surface area contributed by atoms with Crippen molar-refractivity contribution in [1.29, 1.82) is 0 Å². The van der Waals surface area contributed by atoms with E-state index in [9.17, 15) is 4.79 Å². The van der Waals surface area contributed by atoms with E-state index in [0.717, 1.165) is 37.1 Å². The Labute approximate surface area is 153 Å². The number of para-hydroxylation sites is 1. The summed E-state index contributed by atoms with van der Waals surface area (Å²) in [5.74, 6) is 0.462. The smallest absolute Gasteiger partial charge is 0.241 e. The van der Waals surface area contributed by atoms with Crippen molar-refractivity contribution in [2.45, 2.75) is 31.7 Å². The molecule has 3 aromatic rings. The zero-order valence-corrected chi connectivity index (χ0v) is 14.9. The Balaban J connectivity index is 1.31. The number of H-pyrrole nitrogens is 1. The summed E-state index contributed by atoms with van der Waals surface area (Å²) in [7, 11) is 0. The number of hydrogen-bond acceptors (Lipinski definition) is 3. The second-order valence-corrected chi connectivity index (χ2v) is 6.92. The van der Waals surface area contributed by atoms with Gasteiger partial charge in [0, 0.05) is 48.0 Å². The zero-order chi connectivity index (χ0) is 17.8. The van der Waals surface area contributed by atoms with E-state index >= 15 is 0 Å². The minimum atomic E-state index is 0.0126. The number of rotatable bonds is 6. The second-order valence-electron chi connectivity index (χ2n) is 6.92. The molecular weight excluding hydrogens is 326 g/mol. The quantitative estimate of drug-likeness (QED) is 0.637. The van der Waals surface area contributed by atoms with Crippen LogP contribution in [0.2, 0.25) is 0 Å². The number of benzene rings is 1. The molecule has 0 unspecified atom stereocenters. The van der Waals surface area contributed by atoms with E-state index in [0.29, 0.717) is 12.5 Å². The Hall–Kier alpha value is -2.60. The Morgan fingerprint density at radius 1 is 1.31 bits per heavy atom. The van der Waals surface area contributed by atoms with E-state index < -0.39 is 0 Å². The first-order valence-electron chi connectivity index (χ1n) is 9.35. The molecular formula is C20H25N5O. The highest BCUT2D eigenvalue weighted by Crippen LogP contribution is 2.22. The summed E-state index contributed by atoms with van der Waals surface area (Å²) >= 11 is 0. The number of fused-ring (bicyclic) bond motifs is 1. The first kappa shape index (κ1) is 16.8. The van der Waals surface area contributed by atoms with Crippen LogP contribution in [0.1, 0.15) is 30.0 Å². The molecule has 0 saturated carbocycles. The maximum absolute atomic E-state index is 12.3. The highest BCUT2D eigenvalue weighted by atomic mass is 16.2. The lowest BCUT2D eigenvalue weighted by atomic mass is 9.96. The van der Waals surface area contributed by atoms with Gasteiger partial charge in [-0.3, -0.25) is 9.48 Å². The van der Waals surface area contributed by atoms with Gasteiger partial charge in [-0.25, -0.2) is 0 Å². The molecule has 6 nitrogen and oxygen atoms in total. The Morgan fingerprint density at radius 2 is 2.23 bits per heavy atom. The standard InChI is InChI=1S/C20H25N5O/c26-20(14-25-19(8-11-24-25)16-4-3-9-21-12-16)22-10-7-15-13-23-18-6-2-1-5-17(15)18/h1-2,5-6,8,11,13,16,21,23H,3-4,7,9-10,12,14H2,(H,22,26)/t16-/m0/s1. The molecule has 1 fully saturated rings. The van der Waals surface area contributed by atoms with E-state index in [4.69, 9.17) is 0 Å². The number of hydrogen-bond donors (Lipinski definition) is 3. The summed E-state index contributed by atoms with van der Waals surface area (Å²) in [4.78, 5) is 15.6. The summed E-state index contributed by atoms with van der Waals surface area (Å²) in [5, 5.41) is 12.0. The molecule has 6 heteroatoms. The molecule has 1 aliphatic heterocycles. The fourth-order valence-electron chi connectivity index (χ4n) is 3.79. The first-order chi connectivity index (χ1) is 12.8. The van der Waals surface area contributed by atoms with Crippen molar-refractivity contribution in [2.24, 2.45) is 0 Å². The highest BCUT2D eigenvalue weighted by Gasteiger charge is 2.19. The maximum Gasteiger partial charge on any atom is 0.241 e. The Morgan fingerprint density at radius 3 is 3.12 bits per heavy atom. The van der Waals surface area contributed by atoms with Gasteiger partial charge in [-0.1, -0.05) is 18.2 Å². The maximum atomic E-state index is 12.3. The molecule has 0 spiro atoms. The van der Waals surface area contributed by atoms with E-state index in [1.165, 1.54) is 17.4 Å². The van der Waals surface area contributed by atoms with Crippen LogP contribution in [0.5, 0.6) is 0 Å². The molecule has 26 heavy (non-hydrogen) atoms. The molecule has 4 rings (SSSR count). The third-order valence-corrected chi connectivity index (χ3v) is 5.15. The molecule has 136 valence electrons. The summed E-state index contributed by atoms with van der Waals surface area (Å²) in [6.07, 6.45) is 6.96. The topological polar surface area (TPSA) is 74.7 Å². The summed E-state index contributed by atoms with van der Waals surface area (Å²) in [5.41, 5.74) is 3.52. The minimum absolute atomic E-state index is 0.0126. The van der Waals surface area contributed by atoms with Gasteiger partial charge >= 0.3 is 0 Å². The van der Waals surface area contributed by atoms with Crippen molar-refractivity contribution >= 4 is 16.8 Å². The van der Waals surface area contributed by atoms with Gasteiger partial charge in [0.25, 0.3) is 0 Å². The summed E-state index contributed by atoms with van der Waals surface area (Å²) in [6, 6.07) is 10.3. The predicted octanol–water partition coefficient (Wildman–Crippen LogP) is 2.19. The van der Waals surface area contributed by atoms with Gasteiger partial charge in [-0.15, -0.1) is 0 Å². The van der Waals surface area contributed by atoms with Crippen molar-refractivity contribution in [2.75, 3.05) is 19.6 Å². The van der Waals surface area contributed by atoms with Gasteiger partial charge in [0.15, 0.2) is 0 Å². The molecule has 1 saturated heterocycles. The van der Waals surface area contributed by atoms with Crippen LogP contribution in [0, 0.1) is 0 Å². The minimum Gasteiger partial charge on any atom is -0.361 e. The normalized spacial score (nSPS) is 17.5. The van der Waals surface area contributed by atoms with Crippen molar-refractivity contribution in [3.05, 3.63) is 54.0 Å². The van der Waals surface area contributed by atoms with Crippen molar-refractivity contribution in [1.82, 2.24) is 25.4 Å². The second kappa shape index (κ2) is 7.74. The summed E-state index contributed by atoms with van der Waals surface area (Å²) < 4.78 is 1.85. The van der Waals surface area contributed by atoms with Gasteiger partial charge in [0.2, 0.25) is 5.91 Å². The van der Waals surface area contributed by atoms with E-state index in [-0.39, 0.29) is 12.5 Å². The molecule has 0 radical (unpaired) electrons. The lowest BCUT2D eigenvalue weighted by molar-refractivity contribution is -0.121. The first-order valence-corrected chi connectivity index (χ1v) is 9.35. The third kappa shape index (κ3) is 3.65. The summed E-state index contributed by atoms with van der Waals surface area (Å²) in [6.45, 7) is 2.96. The molecule has 3 heterocycles. The monoisotopic (exact) mass is 351 g/mol. The van der Waals surface area contributed by atoms with Gasteiger partial charge in [-0.2, -0.15) is 5.10 Å². The average molecular weight is 351 g/mol. The van der Waals surface area contributed by atoms with E-state index in [1.54, 1.807) is 6.20 Å². The molecule has 0 aliphatic carbocycles. The number of nitrogens with zero attached hydrogens (tertiary/aromatic N) is 2. The van der Waals surface area contributed by atoms with Gasteiger partial charge in [-0.05, 0) is 43.5 Å². The van der Waals surface area contributed by atoms with E-state index in [1.807, 2.05) is 29.1 Å². The van der Waals surface area contributed by atoms with Crippen LogP contribution < -0.4 is 10.6 Å². The number of carbonyl (C=O) groups excluding carboxylic acids is 1. The third-order valence-electron chi connectivity index (χ3n) is 5.15. The Bertz CT molecular complexity index is 875. The van der Waals surface area contributed by atoms with Gasteiger partial charge in [0.1, 0.15) is 6.54 Å². The number of carbonyl (C=O) groups is 1. The van der Waals surface area contributed by atoms with Crippen molar-refractivity contribution in [3.63, 3.8) is 0 Å². The van der Waals surface area contributed by atoms with Crippen LogP contribution >= 0.6 is 0 Å². The fourth-order valence-corrected chi connectivity index (χ4v) is 3.79. The predicted molar refractivity (Wildman–Crippen MR) is 102 cm³/mol. The average Bonchev–Trinajstić information content (AvgIpc) is 3.30. The van der Waals surface area contributed by atoms with Gasteiger partial charge < -0.3 is 15.6 Å². The zero-order valence-electron chi connectivity index (χ0n) is 14.9. The van der Waals surface area contributed by atoms with Crippen LogP contribution in [0.15, 0.2) is 42.7 Å². The number of aromatic amines is 1. The highest BCUT2D eigenvalue weighted by molar-refractivity contribution is 5.83. The fraction of sp³-hybridized carbons (Fsp3) is 0.400. The van der Waals surface area contributed by atoms with Crippen LogP contribution in [0.3, 0.4) is 0 Å². The number of nitrogens with one attached hydrogen (secondary N) is 3. The molecule has 1 aromatic carbocycles. The van der Waals surface area contributed by atoms with Gasteiger partial charge in [0.05, 0.1) is 0 Å². The van der Waals surface area contributed by atoms with E-state index in [2.05, 4.69) is 32.8 Å². The lowest BCUT2D eigenvalue weighted by Crippen LogP contribution is -2.33. The van der Waals surface area contributed by atoms with Crippen LogP contribution in [-0.4, -0.2) is 40.3 Å². The van der Waals surface area contributed by atoms with Crippen molar-refractivity contribution in [3.8, 4) is 0 Å². The molecule has 1 amide bonds. The molecule has 1 aliphatic rings. The SMILES string of the molecule is O=C(Cn1nccc1[C@H]1CCCNC1)NCCc1c[nH]c2ccccc12. The number of amides is 1. The van der Waals surface area contributed by atoms with Crippen molar-refractivity contribution < 1.29 is 4.79 Å². The lowest BCUT2D eigenvalue weighted by Gasteiger charge is -2.23. The number of piperidine rings is 1. The molecule has 0 bridgehead atoms. The largest absolute Gasteiger partial charge is 0.361 e. The van der Waals surface area contributed by atoms with Crippen LogP contribution in [-0.2, 0) is 17.8 Å². The molecule has 2 aromatic heterocycles.